The van der Waals surface area contributed by atoms with Crippen LogP contribution in [0.3, 0.4) is 0 Å². The van der Waals surface area contributed by atoms with Crippen molar-refractivity contribution in [2.75, 3.05) is 6.79 Å². The lowest BCUT2D eigenvalue weighted by atomic mass is 10.1. The predicted octanol–water partition coefficient (Wildman–Crippen LogP) is 4.03. The van der Waals surface area contributed by atoms with E-state index >= 15 is 0 Å². The Balaban J connectivity index is 1.66. The zero-order chi connectivity index (χ0) is 13.9. The fraction of sp³-hybridized carbons (Fsp3) is 0.250. The standard InChI is InChI=1S/C16H16BrNO2/c1-11(13-4-2-3-5-14(13)17)18-9-12-6-7-15-16(8-12)20-10-19-15/h2-8,11,18H,9-10H2,1H3/t11-/m0/s1. The summed E-state index contributed by atoms with van der Waals surface area (Å²) in [4.78, 5) is 0. The van der Waals surface area contributed by atoms with Gasteiger partial charge in [0.2, 0.25) is 6.79 Å². The number of ether oxygens (including phenoxy) is 2. The number of nitrogens with one attached hydrogen (secondary N) is 1. The Bertz CT molecular complexity index is 615. The molecule has 1 heterocycles. The summed E-state index contributed by atoms with van der Waals surface area (Å²) in [6.07, 6.45) is 0. The van der Waals surface area contributed by atoms with Crippen molar-refractivity contribution in [3.8, 4) is 11.5 Å². The first-order chi connectivity index (χ1) is 9.74. The van der Waals surface area contributed by atoms with Crippen molar-refractivity contribution >= 4 is 15.9 Å². The van der Waals surface area contributed by atoms with E-state index in [1.54, 1.807) is 0 Å². The van der Waals surface area contributed by atoms with Gasteiger partial charge in [0.05, 0.1) is 0 Å². The topological polar surface area (TPSA) is 30.5 Å². The number of fused-ring (bicyclic) bond motifs is 1. The molecule has 0 unspecified atom stereocenters. The summed E-state index contributed by atoms with van der Waals surface area (Å²) in [6.45, 7) is 3.27. The third-order valence-electron chi connectivity index (χ3n) is 3.42. The molecule has 0 radical (unpaired) electrons. The first kappa shape index (κ1) is 13.5. The molecule has 1 N–H and O–H groups in total. The van der Waals surface area contributed by atoms with Crippen LogP contribution in [0.15, 0.2) is 46.9 Å². The van der Waals surface area contributed by atoms with Crippen LogP contribution >= 0.6 is 15.9 Å². The molecule has 0 saturated heterocycles. The molecule has 0 fully saturated rings. The Morgan fingerprint density at radius 3 is 2.80 bits per heavy atom. The van der Waals surface area contributed by atoms with Crippen molar-refractivity contribution in [2.24, 2.45) is 0 Å². The van der Waals surface area contributed by atoms with Crippen molar-refractivity contribution in [1.82, 2.24) is 5.32 Å². The van der Waals surface area contributed by atoms with E-state index in [1.165, 1.54) is 11.1 Å². The second-order valence-electron chi connectivity index (χ2n) is 4.81. The average molecular weight is 334 g/mol. The van der Waals surface area contributed by atoms with E-state index in [-0.39, 0.29) is 6.04 Å². The Hall–Kier alpha value is -1.52. The van der Waals surface area contributed by atoms with Crippen LogP contribution in [0.1, 0.15) is 24.1 Å². The zero-order valence-electron chi connectivity index (χ0n) is 11.2. The largest absolute Gasteiger partial charge is 0.454 e. The molecule has 20 heavy (non-hydrogen) atoms. The molecule has 0 aromatic heterocycles. The minimum absolute atomic E-state index is 0.274. The number of halogens is 1. The number of hydrogen-bond donors (Lipinski definition) is 1. The quantitative estimate of drug-likeness (QED) is 0.916. The van der Waals surface area contributed by atoms with Crippen molar-refractivity contribution in [3.63, 3.8) is 0 Å². The van der Waals surface area contributed by atoms with Crippen molar-refractivity contribution in [3.05, 3.63) is 58.1 Å². The second-order valence-corrected chi connectivity index (χ2v) is 5.67. The van der Waals surface area contributed by atoms with E-state index in [4.69, 9.17) is 9.47 Å². The molecule has 0 amide bonds. The average Bonchev–Trinajstić information content (AvgIpc) is 2.92. The molecule has 2 aromatic carbocycles. The van der Waals surface area contributed by atoms with Gasteiger partial charge in [-0.3, -0.25) is 0 Å². The van der Waals surface area contributed by atoms with Gasteiger partial charge in [0.15, 0.2) is 11.5 Å². The van der Waals surface area contributed by atoms with E-state index in [0.717, 1.165) is 22.5 Å². The fourth-order valence-electron chi connectivity index (χ4n) is 2.26. The minimum Gasteiger partial charge on any atom is -0.454 e. The third kappa shape index (κ3) is 2.81. The van der Waals surface area contributed by atoms with E-state index < -0.39 is 0 Å². The Morgan fingerprint density at radius 2 is 1.95 bits per heavy atom. The van der Waals surface area contributed by atoms with Gasteiger partial charge < -0.3 is 14.8 Å². The van der Waals surface area contributed by atoms with Crippen LogP contribution in [-0.4, -0.2) is 6.79 Å². The lowest BCUT2D eigenvalue weighted by Gasteiger charge is -2.16. The molecule has 3 nitrogen and oxygen atoms in total. The predicted molar refractivity (Wildman–Crippen MR) is 82.0 cm³/mol. The van der Waals surface area contributed by atoms with E-state index in [1.807, 2.05) is 18.2 Å². The van der Waals surface area contributed by atoms with Crippen LogP contribution in [0.2, 0.25) is 0 Å². The minimum atomic E-state index is 0.274. The Kier molecular flexibility index (Phi) is 3.94. The highest BCUT2D eigenvalue weighted by molar-refractivity contribution is 9.10. The SMILES string of the molecule is C[C@H](NCc1ccc2c(c1)OCO2)c1ccccc1Br. The van der Waals surface area contributed by atoms with Gasteiger partial charge >= 0.3 is 0 Å². The van der Waals surface area contributed by atoms with Crippen LogP contribution in [0, 0.1) is 0 Å². The molecule has 3 rings (SSSR count). The molecule has 1 aliphatic heterocycles. The van der Waals surface area contributed by atoms with Gasteiger partial charge in [0, 0.05) is 17.1 Å². The number of rotatable bonds is 4. The molecule has 1 atom stereocenters. The molecule has 1 aliphatic rings. The van der Waals surface area contributed by atoms with Gasteiger partial charge in [0.25, 0.3) is 0 Å². The van der Waals surface area contributed by atoms with E-state index in [0.29, 0.717) is 6.79 Å². The highest BCUT2D eigenvalue weighted by Gasteiger charge is 2.14. The molecular weight excluding hydrogens is 318 g/mol. The second kappa shape index (κ2) is 5.85. The molecular formula is C16H16BrNO2. The highest BCUT2D eigenvalue weighted by atomic mass is 79.9. The summed E-state index contributed by atoms with van der Waals surface area (Å²) < 4.78 is 11.8. The van der Waals surface area contributed by atoms with E-state index in [9.17, 15) is 0 Å². The van der Waals surface area contributed by atoms with Crippen LogP contribution in [-0.2, 0) is 6.54 Å². The van der Waals surface area contributed by atoms with Crippen LogP contribution in [0.5, 0.6) is 11.5 Å². The normalized spacial score (nSPS) is 14.3. The van der Waals surface area contributed by atoms with Crippen LogP contribution in [0.4, 0.5) is 0 Å². The maximum Gasteiger partial charge on any atom is 0.231 e. The molecule has 104 valence electrons. The maximum atomic E-state index is 5.39. The summed E-state index contributed by atoms with van der Waals surface area (Å²) in [6, 6.07) is 14.6. The van der Waals surface area contributed by atoms with E-state index in [2.05, 4.69) is 52.4 Å². The van der Waals surface area contributed by atoms with Gasteiger partial charge in [-0.1, -0.05) is 40.2 Å². The van der Waals surface area contributed by atoms with Crippen molar-refractivity contribution in [2.45, 2.75) is 19.5 Å². The van der Waals surface area contributed by atoms with Crippen LogP contribution < -0.4 is 14.8 Å². The van der Waals surface area contributed by atoms with Gasteiger partial charge in [0.1, 0.15) is 0 Å². The first-order valence-corrected chi connectivity index (χ1v) is 7.39. The van der Waals surface area contributed by atoms with Crippen molar-refractivity contribution in [1.29, 1.82) is 0 Å². The molecule has 0 aliphatic carbocycles. The van der Waals surface area contributed by atoms with Gasteiger partial charge in [-0.05, 0) is 36.2 Å². The first-order valence-electron chi connectivity index (χ1n) is 6.60. The molecule has 0 saturated carbocycles. The lowest BCUT2D eigenvalue weighted by Crippen LogP contribution is -2.18. The summed E-state index contributed by atoms with van der Waals surface area (Å²) in [7, 11) is 0. The smallest absolute Gasteiger partial charge is 0.231 e. The van der Waals surface area contributed by atoms with Gasteiger partial charge in [-0.25, -0.2) is 0 Å². The summed E-state index contributed by atoms with van der Waals surface area (Å²) in [5.41, 5.74) is 2.45. The third-order valence-corrected chi connectivity index (χ3v) is 4.14. The Labute approximate surface area is 127 Å². The maximum absolute atomic E-state index is 5.39. The Morgan fingerprint density at radius 1 is 1.15 bits per heavy atom. The lowest BCUT2D eigenvalue weighted by molar-refractivity contribution is 0.174. The molecule has 2 aromatic rings. The molecule has 0 spiro atoms. The van der Waals surface area contributed by atoms with Gasteiger partial charge in [-0.2, -0.15) is 0 Å². The molecule has 0 bridgehead atoms. The summed E-state index contributed by atoms with van der Waals surface area (Å²) in [5.74, 6) is 1.66. The number of hydrogen-bond acceptors (Lipinski definition) is 3. The zero-order valence-corrected chi connectivity index (χ0v) is 12.8. The monoisotopic (exact) mass is 333 g/mol. The highest BCUT2D eigenvalue weighted by Crippen LogP contribution is 2.32. The number of benzene rings is 2. The summed E-state index contributed by atoms with van der Waals surface area (Å²) in [5, 5.41) is 3.52. The molecule has 4 heteroatoms. The van der Waals surface area contributed by atoms with Crippen LogP contribution in [0.25, 0.3) is 0 Å². The summed E-state index contributed by atoms with van der Waals surface area (Å²) >= 11 is 3.59. The van der Waals surface area contributed by atoms with Crippen molar-refractivity contribution < 1.29 is 9.47 Å². The fourth-order valence-corrected chi connectivity index (χ4v) is 2.89. The van der Waals surface area contributed by atoms with Gasteiger partial charge in [-0.15, -0.1) is 0 Å².